The fourth-order valence-corrected chi connectivity index (χ4v) is 1.28. The van der Waals surface area contributed by atoms with Gasteiger partial charge in [0, 0.05) is 5.92 Å². The summed E-state index contributed by atoms with van der Waals surface area (Å²) >= 11 is 0. The van der Waals surface area contributed by atoms with Gasteiger partial charge in [0.15, 0.2) is 0 Å². The maximum absolute atomic E-state index is 12.2. The maximum atomic E-state index is 12.2. The first-order valence-electron chi connectivity index (χ1n) is 4.30. The van der Waals surface area contributed by atoms with Gasteiger partial charge < -0.3 is 4.42 Å². The summed E-state index contributed by atoms with van der Waals surface area (Å²) < 4.78 is 38.1. The molecule has 8 heteroatoms. The van der Waals surface area contributed by atoms with Crippen LogP contribution in [0.3, 0.4) is 0 Å². The summed E-state index contributed by atoms with van der Waals surface area (Å²) in [5, 5.41) is 3.72. The second kappa shape index (κ2) is 4.13. The van der Waals surface area contributed by atoms with E-state index in [0.717, 1.165) is 4.68 Å². The fourth-order valence-electron chi connectivity index (χ4n) is 0.892. The Labute approximate surface area is 85.9 Å². The van der Waals surface area contributed by atoms with Crippen molar-refractivity contribution in [2.75, 3.05) is 5.75 Å². The number of aryl methyl sites for hydroxylation is 1. The highest BCUT2D eigenvalue weighted by Gasteiger charge is 2.14. The second-order valence-corrected chi connectivity index (χ2v) is 4.81. The van der Waals surface area contributed by atoms with Gasteiger partial charge in [-0.2, -0.15) is 13.1 Å². The lowest BCUT2D eigenvalue weighted by atomic mass is 10.2. The minimum Gasteiger partial charge on any atom is -0.392 e. The van der Waals surface area contributed by atoms with E-state index in [1.807, 2.05) is 0 Å². The van der Waals surface area contributed by atoms with Crippen molar-refractivity contribution >= 4 is 10.2 Å². The molecule has 0 aliphatic heterocycles. The van der Waals surface area contributed by atoms with E-state index in [1.165, 1.54) is 0 Å². The van der Waals surface area contributed by atoms with Gasteiger partial charge in [0.1, 0.15) is 0 Å². The number of hydrogen-bond donors (Lipinski definition) is 0. The molecular weight excluding hydrogens is 227 g/mol. The zero-order valence-electron chi connectivity index (χ0n) is 8.31. The lowest BCUT2D eigenvalue weighted by molar-refractivity contribution is 0.433. The molecule has 0 saturated carbocycles. The number of halogens is 1. The Kier molecular flexibility index (Phi) is 3.28. The molecular formula is C7H11FN2O4S. The van der Waals surface area contributed by atoms with Crippen molar-refractivity contribution in [2.24, 2.45) is 0 Å². The Morgan fingerprint density at radius 2 is 2.13 bits per heavy atom. The molecule has 1 heterocycles. The smallest absolute Gasteiger partial charge is 0.392 e. The number of nitrogens with zero attached hydrogens (tertiary/aromatic N) is 2. The van der Waals surface area contributed by atoms with Crippen LogP contribution in [0.2, 0.25) is 0 Å². The Morgan fingerprint density at radius 1 is 1.53 bits per heavy atom. The van der Waals surface area contributed by atoms with Gasteiger partial charge in [-0.15, -0.1) is 8.98 Å². The maximum Gasteiger partial charge on any atom is 0.437 e. The van der Waals surface area contributed by atoms with E-state index >= 15 is 0 Å². The number of aromatic nitrogens is 2. The number of hydrogen-bond acceptors (Lipinski definition) is 5. The predicted molar refractivity (Wildman–Crippen MR) is 49.7 cm³/mol. The number of rotatable bonds is 4. The zero-order valence-corrected chi connectivity index (χ0v) is 9.12. The van der Waals surface area contributed by atoms with Crippen LogP contribution in [0.4, 0.5) is 3.89 Å². The highest BCUT2D eigenvalue weighted by molar-refractivity contribution is 7.86. The van der Waals surface area contributed by atoms with E-state index in [1.54, 1.807) is 13.8 Å². The van der Waals surface area contributed by atoms with E-state index in [4.69, 9.17) is 4.42 Å². The lowest BCUT2D eigenvalue weighted by Gasteiger charge is -1.95. The highest BCUT2D eigenvalue weighted by Crippen LogP contribution is 2.07. The van der Waals surface area contributed by atoms with E-state index in [9.17, 15) is 17.1 Å². The van der Waals surface area contributed by atoms with Gasteiger partial charge in [0.2, 0.25) is 5.89 Å². The zero-order chi connectivity index (χ0) is 11.6. The summed E-state index contributed by atoms with van der Waals surface area (Å²) in [6.45, 7) is 3.19. The first-order chi connectivity index (χ1) is 6.79. The standard InChI is InChI=1S/C7H11FN2O4S/c1-5(2)6-9-10(7(11)14-6)3-4-15(8,12)13/h5H,3-4H2,1-2H3. The quantitative estimate of drug-likeness (QED) is 0.702. The van der Waals surface area contributed by atoms with Crippen LogP contribution in [0, 0.1) is 0 Å². The minimum absolute atomic E-state index is 0.0825. The van der Waals surface area contributed by atoms with Crippen LogP contribution in [0.15, 0.2) is 9.21 Å². The molecule has 6 nitrogen and oxygen atoms in total. The van der Waals surface area contributed by atoms with Crippen LogP contribution < -0.4 is 5.76 Å². The predicted octanol–water partition coefficient (Wildman–Crippen LogP) is 0.259. The molecule has 0 N–H and O–H groups in total. The third-order valence-corrected chi connectivity index (χ3v) is 2.33. The third kappa shape index (κ3) is 3.46. The molecule has 0 saturated heterocycles. The van der Waals surface area contributed by atoms with Crippen LogP contribution in [0.1, 0.15) is 25.7 Å². The minimum atomic E-state index is -4.59. The van der Waals surface area contributed by atoms with Gasteiger partial charge in [0.25, 0.3) is 0 Å². The topological polar surface area (TPSA) is 82.2 Å². The van der Waals surface area contributed by atoms with Crippen molar-refractivity contribution in [2.45, 2.75) is 26.3 Å². The molecule has 1 aromatic heterocycles. The molecule has 0 bridgehead atoms. The SMILES string of the molecule is CC(C)c1nn(CCS(=O)(=O)F)c(=O)o1. The van der Waals surface area contributed by atoms with Crippen molar-refractivity contribution in [1.82, 2.24) is 9.78 Å². The van der Waals surface area contributed by atoms with Crippen LogP contribution in [-0.2, 0) is 16.8 Å². The van der Waals surface area contributed by atoms with Gasteiger partial charge in [-0.25, -0.2) is 4.79 Å². The van der Waals surface area contributed by atoms with E-state index in [-0.39, 0.29) is 18.4 Å². The first kappa shape index (κ1) is 11.9. The summed E-state index contributed by atoms with van der Waals surface area (Å²) in [5.74, 6) is -1.43. The molecule has 0 aromatic carbocycles. The monoisotopic (exact) mass is 238 g/mol. The molecule has 1 rings (SSSR count). The third-order valence-electron chi connectivity index (χ3n) is 1.66. The summed E-state index contributed by atoms with van der Waals surface area (Å²) in [7, 11) is -4.59. The molecule has 0 fully saturated rings. The molecule has 0 aliphatic carbocycles. The first-order valence-corrected chi connectivity index (χ1v) is 5.85. The Hall–Kier alpha value is -1.18. The summed E-state index contributed by atoms with van der Waals surface area (Å²) in [6.07, 6.45) is 0. The lowest BCUT2D eigenvalue weighted by Crippen LogP contribution is -2.20. The van der Waals surface area contributed by atoms with Crippen molar-refractivity contribution in [1.29, 1.82) is 0 Å². The van der Waals surface area contributed by atoms with Gasteiger partial charge in [-0.05, 0) is 0 Å². The van der Waals surface area contributed by atoms with Gasteiger partial charge >= 0.3 is 16.0 Å². The molecule has 0 atom stereocenters. The fraction of sp³-hybridized carbons (Fsp3) is 0.714. The molecule has 0 spiro atoms. The van der Waals surface area contributed by atoms with Gasteiger partial charge in [-0.1, -0.05) is 13.8 Å². The molecule has 0 radical (unpaired) electrons. The largest absolute Gasteiger partial charge is 0.437 e. The van der Waals surface area contributed by atoms with Gasteiger partial charge in [-0.3, -0.25) is 0 Å². The Bertz CT molecular complexity index is 487. The average Bonchev–Trinajstić information content (AvgIpc) is 2.42. The average molecular weight is 238 g/mol. The normalized spacial score (nSPS) is 12.3. The van der Waals surface area contributed by atoms with Crippen molar-refractivity contribution in [3.8, 4) is 0 Å². The Morgan fingerprint density at radius 3 is 2.53 bits per heavy atom. The molecule has 0 unspecified atom stereocenters. The molecule has 1 aromatic rings. The summed E-state index contributed by atoms with van der Waals surface area (Å²) in [6, 6.07) is 0. The van der Waals surface area contributed by atoms with Crippen molar-refractivity contribution < 1.29 is 16.7 Å². The molecule has 15 heavy (non-hydrogen) atoms. The molecule has 0 aliphatic rings. The second-order valence-electron chi connectivity index (χ2n) is 3.33. The van der Waals surface area contributed by atoms with E-state index in [0.29, 0.717) is 0 Å². The highest BCUT2D eigenvalue weighted by atomic mass is 32.3. The molecule has 0 amide bonds. The molecule has 86 valence electrons. The van der Waals surface area contributed by atoms with Crippen molar-refractivity contribution in [3.63, 3.8) is 0 Å². The summed E-state index contributed by atoms with van der Waals surface area (Å²) in [5.41, 5.74) is 0. The Balaban J connectivity index is 2.83. The summed E-state index contributed by atoms with van der Waals surface area (Å²) in [4.78, 5) is 11.1. The van der Waals surface area contributed by atoms with Crippen LogP contribution in [0.25, 0.3) is 0 Å². The van der Waals surface area contributed by atoms with Crippen LogP contribution >= 0.6 is 0 Å². The van der Waals surface area contributed by atoms with E-state index < -0.39 is 21.7 Å². The van der Waals surface area contributed by atoms with Crippen LogP contribution in [0.5, 0.6) is 0 Å². The van der Waals surface area contributed by atoms with Crippen LogP contribution in [-0.4, -0.2) is 24.0 Å². The van der Waals surface area contributed by atoms with E-state index in [2.05, 4.69) is 5.10 Å². The van der Waals surface area contributed by atoms with Crippen molar-refractivity contribution in [3.05, 3.63) is 16.4 Å². The van der Waals surface area contributed by atoms with Gasteiger partial charge in [0.05, 0.1) is 12.3 Å².